The maximum Gasteiger partial charge on any atom is 0.180 e. The summed E-state index contributed by atoms with van der Waals surface area (Å²) in [6.07, 6.45) is 2.41. The molecule has 120 valence electrons. The number of rotatable bonds is 3. The minimum atomic E-state index is -0.624. The number of benzene rings is 1. The Balaban J connectivity index is 1.57. The van der Waals surface area contributed by atoms with E-state index in [2.05, 4.69) is 10.3 Å². The van der Waals surface area contributed by atoms with Gasteiger partial charge in [-0.3, -0.25) is 4.68 Å². The number of fused-ring (bicyclic) bond motifs is 1. The molecule has 0 unspecified atom stereocenters. The first-order valence-electron chi connectivity index (χ1n) is 7.23. The summed E-state index contributed by atoms with van der Waals surface area (Å²) < 4.78 is 12.8. The topological polar surface area (TPSA) is 76.5 Å². The Labute approximate surface area is 137 Å². The van der Waals surface area contributed by atoms with Crippen LogP contribution in [0.2, 0.25) is 5.02 Å². The number of halogens is 1. The van der Waals surface area contributed by atoms with Gasteiger partial charge in [-0.05, 0) is 18.2 Å². The number of ether oxygens (including phenoxy) is 1. The lowest BCUT2D eigenvalue weighted by molar-refractivity contribution is 0.0737. The number of aromatic nitrogens is 3. The number of aliphatic hydroxyl groups is 1. The molecule has 1 aliphatic heterocycles. The van der Waals surface area contributed by atoms with E-state index in [4.69, 9.17) is 20.9 Å². The van der Waals surface area contributed by atoms with Crippen molar-refractivity contribution in [2.24, 2.45) is 7.05 Å². The van der Waals surface area contributed by atoms with Gasteiger partial charge in [-0.25, -0.2) is 0 Å². The number of hydrogen-bond donors (Lipinski definition) is 1. The van der Waals surface area contributed by atoms with Crippen LogP contribution in [0.25, 0.3) is 11.0 Å². The predicted molar refractivity (Wildman–Crippen MR) is 84.9 cm³/mol. The molecule has 1 fully saturated rings. The molecule has 4 rings (SSSR count). The molecule has 0 radical (unpaired) electrons. The van der Waals surface area contributed by atoms with E-state index in [1.807, 2.05) is 18.0 Å². The summed E-state index contributed by atoms with van der Waals surface area (Å²) in [5.41, 5.74) is 0.663. The van der Waals surface area contributed by atoms with Gasteiger partial charge in [0, 0.05) is 18.6 Å². The number of nitrogens with zero attached hydrogens (tertiary/aromatic N) is 4. The molecule has 3 heterocycles. The first kappa shape index (κ1) is 14.3. The van der Waals surface area contributed by atoms with Crippen LogP contribution in [0.1, 0.15) is 0 Å². The van der Waals surface area contributed by atoms with Crippen molar-refractivity contribution in [2.45, 2.75) is 12.2 Å². The molecule has 7 nitrogen and oxygen atoms in total. The van der Waals surface area contributed by atoms with Crippen molar-refractivity contribution in [3.8, 4) is 5.75 Å². The quantitative estimate of drug-likeness (QED) is 0.787. The first-order valence-corrected chi connectivity index (χ1v) is 7.61. The largest absolute Gasteiger partial charge is 0.482 e. The standard InChI is InChI=1S/C15H15ClN4O3/c1-19-6-10(5-17-19)22-14-8-20(7-12(14)21)15-11-4-9(16)2-3-13(11)23-18-15/h2-6,12,14,21H,7-8H2,1H3/t12-,14-/m1/s1. The maximum atomic E-state index is 10.3. The summed E-state index contributed by atoms with van der Waals surface area (Å²) in [5, 5.41) is 19.9. The average molecular weight is 335 g/mol. The lowest BCUT2D eigenvalue weighted by Gasteiger charge is -2.15. The maximum absolute atomic E-state index is 10.3. The monoisotopic (exact) mass is 334 g/mol. The van der Waals surface area contributed by atoms with Crippen LogP contribution in [0.3, 0.4) is 0 Å². The molecule has 8 heteroatoms. The van der Waals surface area contributed by atoms with Gasteiger partial charge in [-0.2, -0.15) is 5.10 Å². The lowest BCUT2D eigenvalue weighted by atomic mass is 10.2. The van der Waals surface area contributed by atoms with E-state index in [-0.39, 0.29) is 6.10 Å². The van der Waals surface area contributed by atoms with Gasteiger partial charge < -0.3 is 19.3 Å². The third-order valence-electron chi connectivity index (χ3n) is 3.92. The first-order chi connectivity index (χ1) is 11.1. The summed E-state index contributed by atoms with van der Waals surface area (Å²) in [7, 11) is 1.81. The fourth-order valence-electron chi connectivity index (χ4n) is 2.81. The molecule has 2 atom stereocenters. The molecule has 1 saturated heterocycles. The number of β-amino-alcohol motifs (C(OH)–C–C–N with tert-alkyl or cyclic N) is 1. The van der Waals surface area contributed by atoms with Crippen LogP contribution in [-0.2, 0) is 7.05 Å². The normalized spacial score (nSPS) is 21.3. The van der Waals surface area contributed by atoms with Crippen molar-refractivity contribution in [3.63, 3.8) is 0 Å². The molecule has 1 N–H and O–H groups in total. The molecule has 1 aliphatic rings. The minimum absolute atomic E-state index is 0.356. The van der Waals surface area contributed by atoms with Crippen molar-refractivity contribution in [3.05, 3.63) is 35.6 Å². The molecule has 0 bridgehead atoms. The highest BCUT2D eigenvalue weighted by Gasteiger charge is 2.35. The molecule has 0 spiro atoms. The van der Waals surface area contributed by atoms with Gasteiger partial charge in [0.2, 0.25) is 0 Å². The van der Waals surface area contributed by atoms with Crippen molar-refractivity contribution in [1.82, 2.24) is 14.9 Å². The van der Waals surface area contributed by atoms with Crippen LogP contribution in [-0.4, -0.2) is 45.3 Å². The molecule has 1 aromatic carbocycles. The van der Waals surface area contributed by atoms with Gasteiger partial charge in [0.15, 0.2) is 17.2 Å². The second-order valence-corrected chi connectivity index (χ2v) is 6.06. The zero-order chi connectivity index (χ0) is 16.0. The zero-order valence-corrected chi connectivity index (χ0v) is 13.1. The highest BCUT2D eigenvalue weighted by Crippen LogP contribution is 2.31. The van der Waals surface area contributed by atoms with Gasteiger partial charge in [0.1, 0.15) is 12.2 Å². The molecule has 2 aromatic heterocycles. The van der Waals surface area contributed by atoms with Gasteiger partial charge in [0.05, 0.1) is 24.3 Å². The summed E-state index contributed by atoms with van der Waals surface area (Å²) in [6, 6.07) is 5.35. The minimum Gasteiger partial charge on any atom is -0.482 e. The fourth-order valence-corrected chi connectivity index (χ4v) is 2.98. The molecule has 0 amide bonds. The number of aryl methyl sites for hydroxylation is 1. The van der Waals surface area contributed by atoms with E-state index >= 15 is 0 Å². The Bertz CT molecular complexity index is 846. The number of anilines is 1. The summed E-state index contributed by atoms with van der Waals surface area (Å²) in [5.74, 6) is 1.30. The molecule has 0 saturated carbocycles. The second-order valence-electron chi connectivity index (χ2n) is 5.63. The van der Waals surface area contributed by atoms with Crippen LogP contribution in [0, 0.1) is 0 Å². The highest BCUT2D eigenvalue weighted by atomic mass is 35.5. The second kappa shape index (κ2) is 5.43. The average Bonchev–Trinajstić information content (AvgIpc) is 3.19. The Kier molecular flexibility index (Phi) is 3.39. The predicted octanol–water partition coefficient (Wildman–Crippen LogP) is 1.84. The highest BCUT2D eigenvalue weighted by molar-refractivity contribution is 6.31. The van der Waals surface area contributed by atoms with Gasteiger partial charge in [0.25, 0.3) is 0 Å². The van der Waals surface area contributed by atoms with E-state index in [9.17, 15) is 5.11 Å². The Hall–Kier alpha value is -2.25. The molecular formula is C15H15ClN4O3. The van der Waals surface area contributed by atoms with Crippen LogP contribution in [0.4, 0.5) is 5.82 Å². The Morgan fingerprint density at radius 1 is 1.39 bits per heavy atom. The Morgan fingerprint density at radius 2 is 2.26 bits per heavy atom. The number of hydrogen-bond acceptors (Lipinski definition) is 6. The number of aliphatic hydroxyl groups excluding tert-OH is 1. The van der Waals surface area contributed by atoms with E-state index in [1.54, 1.807) is 29.2 Å². The van der Waals surface area contributed by atoms with Crippen molar-refractivity contribution in [2.75, 3.05) is 18.0 Å². The van der Waals surface area contributed by atoms with Gasteiger partial charge >= 0.3 is 0 Å². The van der Waals surface area contributed by atoms with Gasteiger partial charge in [-0.15, -0.1) is 0 Å². The summed E-state index contributed by atoms with van der Waals surface area (Å²) in [6.45, 7) is 0.920. The van der Waals surface area contributed by atoms with Crippen molar-refractivity contribution < 1.29 is 14.4 Å². The Morgan fingerprint density at radius 3 is 3.04 bits per heavy atom. The lowest BCUT2D eigenvalue weighted by Crippen LogP contribution is -2.29. The van der Waals surface area contributed by atoms with E-state index < -0.39 is 6.10 Å². The van der Waals surface area contributed by atoms with Gasteiger partial charge in [-0.1, -0.05) is 16.8 Å². The van der Waals surface area contributed by atoms with E-state index in [0.717, 1.165) is 5.39 Å². The van der Waals surface area contributed by atoms with E-state index in [0.29, 0.717) is 35.3 Å². The zero-order valence-electron chi connectivity index (χ0n) is 12.4. The van der Waals surface area contributed by atoms with Crippen LogP contribution < -0.4 is 9.64 Å². The van der Waals surface area contributed by atoms with E-state index in [1.165, 1.54) is 0 Å². The van der Waals surface area contributed by atoms with Crippen LogP contribution in [0.15, 0.2) is 35.1 Å². The molecule has 23 heavy (non-hydrogen) atoms. The smallest absolute Gasteiger partial charge is 0.180 e. The van der Waals surface area contributed by atoms with Crippen LogP contribution in [0.5, 0.6) is 5.75 Å². The third kappa shape index (κ3) is 2.62. The summed E-state index contributed by atoms with van der Waals surface area (Å²) in [4.78, 5) is 1.94. The third-order valence-corrected chi connectivity index (χ3v) is 4.15. The van der Waals surface area contributed by atoms with Crippen molar-refractivity contribution in [1.29, 1.82) is 0 Å². The van der Waals surface area contributed by atoms with Crippen molar-refractivity contribution >= 4 is 28.4 Å². The molecule has 0 aliphatic carbocycles. The summed E-state index contributed by atoms with van der Waals surface area (Å²) >= 11 is 6.05. The molecular weight excluding hydrogens is 320 g/mol. The SMILES string of the molecule is Cn1cc(O[C@@H]2CN(c3noc4ccc(Cl)cc34)C[C@H]2O)cn1. The molecule has 3 aromatic rings. The van der Waals surface area contributed by atoms with Crippen LogP contribution >= 0.6 is 11.6 Å². The fraction of sp³-hybridized carbons (Fsp3) is 0.333.